The zero-order valence-corrected chi connectivity index (χ0v) is 14.0. The second-order valence-corrected chi connectivity index (χ2v) is 7.77. The summed E-state index contributed by atoms with van der Waals surface area (Å²) in [6.07, 6.45) is 0. The van der Waals surface area contributed by atoms with Crippen LogP contribution < -0.4 is 0 Å². The molecule has 1 aliphatic heterocycles. The van der Waals surface area contributed by atoms with Gasteiger partial charge >= 0.3 is 0 Å². The highest BCUT2D eigenvalue weighted by Gasteiger charge is 2.36. The van der Waals surface area contributed by atoms with Gasteiger partial charge in [-0.3, -0.25) is 0 Å². The fourth-order valence-corrected chi connectivity index (χ4v) is 4.52. The van der Waals surface area contributed by atoms with Gasteiger partial charge in [-0.2, -0.15) is 4.31 Å². The van der Waals surface area contributed by atoms with Crippen molar-refractivity contribution in [2.45, 2.75) is 10.9 Å². The molecule has 7 heteroatoms. The Morgan fingerprint density at radius 3 is 2.38 bits per heavy atom. The number of rotatable bonds is 3. The van der Waals surface area contributed by atoms with Gasteiger partial charge in [0.05, 0.1) is 10.9 Å². The minimum absolute atomic E-state index is 0.230. The third-order valence-corrected chi connectivity index (χ3v) is 6.12. The van der Waals surface area contributed by atoms with Crippen LogP contribution in [0.3, 0.4) is 0 Å². The first-order valence-electron chi connectivity index (χ1n) is 7.60. The van der Waals surface area contributed by atoms with E-state index in [2.05, 4.69) is 4.90 Å². The van der Waals surface area contributed by atoms with Crippen LogP contribution in [0.15, 0.2) is 53.4 Å². The Labute approximate surface area is 140 Å². The third kappa shape index (κ3) is 3.19. The molecule has 0 bridgehead atoms. The number of nitrogens with zero attached hydrogens (tertiary/aromatic N) is 2. The Balaban J connectivity index is 2.02. The first-order valence-corrected chi connectivity index (χ1v) is 9.04. The predicted octanol–water partition coefficient (Wildman–Crippen LogP) is 2.64. The topological polar surface area (TPSA) is 40.6 Å². The second-order valence-electron chi connectivity index (χ2n) is 5.88. The van der Waals surface area contributed by atoms with Gasteiger partial charge < -0.3 is 4.90 Å². The number of hydrogen-bond acceptors (Lipinski definition) is 3. The van der Waals surface area contributed by atoms with Gasteiger partial charge in [0.1, 0.15) is 0 Å². The van der Waals surface area contributed by atoms with Crippen LogP contribution in [0.4, 0.5) is 8.78 Å². The van der Waals surface area contributed by atoms with E-state index >= 15 is 0 Å². The van der Waals surface area contributed by atoms with Gasteiger partial charge in [-0.05, 0) is 30.8 Å². The van der Waals surface area contributed by atoms with Crippen molar-refractivity contribution in [1.82, 2.24) is 9.21 Å². The van der Waals surface area contributed by atoms with Crippen molar-refractivity contribution in [3.05, 3.63) is 65.7 Å². The molecular formula is C17H18F2N2O2S. The minimum Gasteiger partial charge on any atom is -0.303 e. The lowest BCUT2D eigenvalue weighted by Crippen LogP contribution is -2.49. The highest BCUT2D eigenvalue weighted by Crippen LogP contribution is 2.31. The number of sulfonamides is 1. The molecule has 2 aromatic rings. The molecule has 4 nitrogen and oxygen atoms in total. The molecule has 24 heavy (non-hydrogen) atoms. The Bertz CT molecular complexity index is 828. The van der Waals surface area contributed by atoms with Gasteiger partial charge in [0.25, 0.3) is 0 Å². The molecule has 0 N–H and O–H groups in total. The predicted molar refractivity (Wildman–Crippen MR) is 86.9 cm³/mol. The number of hydrogen-bond donors (Lipinski definition) is 0. The van der Waals surface area contributed by atoms with Crippen LogP contribution in [0.5, 0.6) is 0 Å². The highest BCUT2D eigenvalue weighted by molar-refractivity contribution is 7.89. The van der Waals surface area contributed by atoms with Crippen LogP contribution in [0, 0.1) is 11.6 Å². The molecule has 3 rings (SSSR count). The Hall–Kier alpha value is -1.83. The molecule has 0 unspecified atom stereocenters. The lowest BCUT2D eigenvalue weighted by atomic mass is 10.1. The summed E-state index contributed by atoms with van der Waals surface area (Å²) in [6, 6.07) is 11.6. The zero-order valence-electron chi connectivity index (χ0n) is 13.2. The summed E-state index contributed by atoms with van der Waals surface area (Å²) in [5.41, 5.74) is 0.871. The van der Waals surface area contributed by atoms with Gasteiger partial charge in [0.2, 0.25) is 10.0 Å². The Morgan fingerprint density at radius 2 is 1.71 bits per heavy atom. The maximum atomic E-state index is 13.5. The molecule has 0 spiro atoms. The quantitative estimate of drug-likeness (QED) is 0.853. The summed E-state index contributed by atoms with van der Waals surface area (Å²) < 4.78 is 53.9. The lowest BCUT2D eigenvalue weighted by Gasteiger charge is -2.39. The molecule has 0 amide bonds. The average Bonchev–Trinajstić information content (AvgIpc) is 2.57. The molecule has 0 aromatic heterocycles. The maximum absolute atomic E-state index is 13.5. The second kappa shape index (κ2) is 6.58. The van der Waals surface area contributed by atoms with Crippen molar-refractivity contribution >= 4 is 10.0 Å². The first kappa shape index (κ1) is 17.0. The maximum Gasteiger partial charge on any atom is 0.243 e. The molecule has 1 heterocycles. The fraction of sp³-hybridized carbons (Fsp3) is 0.294. The van der Waals surface area contributed by atoms with Crippen molar-refractivity contribution in [2.24, 2.45) is 0 Å². The number of likely N-dealkylation sites (N-methyl/N-ethyl adjacent to an activating group) is 1. The molecule has 128 valence electrons. The SMILES string of the molecule is CN1CCN(S(=O)(=O)c2ccc(F)c(F)c2)[C@H](c2ccccc2)C1. The number of halogens is 2. The minimum atomic E-state index is -3.92. The summed E-state index contributed by atoms with van der Waals surface area (Å²) in [7, 11) is -1.99. The molecule has 1 atom stereocenters. The van der Waals surface area contributed by atoms with Crippen LogP contribution in [0.25, 0.3) is 0 Å². The van der Waals surface area contributed by atoms with Crippen molar-refractivity contribution < 1.29 is 17.2 Å². The van der Waals surface area contributed by atoms with Crippen LogP contribution in [0.1, 0.15) is 11.6 Å². The largest absolute Gasteiger partial charge is 0.303 e. The van der Waals surface area contributed by atoms with E-state index in [9.17, 15) is 17.2 Å². The zero-order chi connectivity index (χ0) is 17.3. The van der Waals surface area contributed by atoms with Crippen molar-refractivity contribution in [3.63, 3.8) is 0 Å². The summed E-state index contributed by atoms with van der Waals surface area (Å²) in [4.78, 5) is 1.82. The summed E-state index contributed by atoms with van der Waals surface area (Å²) >= 11 is 0. The molecular weight excluding hydrogens is 334 g/mol. The number of piperazine rings is 1. The van der Waals surface area contributed by atoms with Crippen LogP contribution in [-0.2, 0) is 10.0 Å². The first-order chi connectivity index (χ1) is 11.4. The van der Waals surface area contributed by atoms with Crippen LogP contribution in [0.2, 0.25) is 0 Å². The molecule has 1 saturated heterocycles. The van der Waals surface area contributed by atoms with Crippen molar-refractivity contribution in [3.8, 4) is 0 Å². The van der Waals surface area contributed by atoms with E-state index in [-0.39, 0.29) is 17.5 Å². The van der Waals surface area contributed by atoms with Crippen molar-refractivity contribution in [2.75, 3.05) is 26.7 Å². The Kier molecular flexibility index (Phi) is 4.67. The smallest absolute Gasteiger partial charge is 0.243 e. The van der Waals surface area contributed by atoms with Gasteiger partial charge in [0, 0.05) is 19.6 Å². The number of benzene rings is 2. The molecule has 1 fully saturated rings. The highest BCUT2D eigenvalue weighted by atomic mass is 32.2. The van der Waals surface area contributed by atoms with E-state index in [0.29, 0.717) is 13.1 Å². The van der Waals surface area contributed by atoms with Gasteiger partial charge in [-0.1, -0.05) is 30.3 Å². The molecule has 1 aliphatic rings. The Morgan fingerprint density at radius 1 is 1.00 bits per heavy atom. The van der Waals surface area contributed by atoms with E-state index in [1.165, 1.54) is 4.31 Å². The molecule has 2 aromatic carbocycles. The van der Waals surface area contributed by atoms with Gasteiger partial charge in [-0.15, -0.1) is 0 Å². The van der Waals surface area contributed by atoms with Crippen LogP contribution in [-0.4, -0.2) is 44.3 Å². The normalized spacial score (nSPS) is 20.2. The summed E-state index contributed by atoms with van der Waals surface area (Å²) in [6.45, 7) is 1.40. The van der Waals surface area contributed by atoms with Gasteiger partial charge in [-0.25, -0.2) is 17.2 Å². The lowest BCUT2D eigenvalue weighted by molar-refractivity contribution is 0.160. The third-order valence-electron chi connectivity index (χ3n) is 4.22. The fourth-order valence-electron chi connectivity index (χ4n) is 2.91. The molecule has 0 aliphatic carbocycles. The summed E-state index contributed by atoms with van der Waals surface area (Å²) in [5.74, 6) is -2.23. The standard InChI is InChI=1S/C17H18F2N2O2S/c1-20-9-10-21(17(12-20)13-5-3-2-4-6-13)24(22,23)14-7-8-15(18)16(19)11-14/h2-8,11,17H,9-10,12H2,1H3/t17-/m0/s1. The van der Waals surface area contributed by atoms with Crippen molar-refractivity contribution in [1.29, 1.82) is 0 Å². The molecule has 0 radical (unpaired) electrons. The summed E-state index contributed by atoms with van der Waals surface area (Å²) in [5, 5.41) is 0. The van der Waals surface area contributed by atoms with E-state index < -0.39 is 21.7 Å². The van der Waals surface area contributed by atoms with E-state index in [4.69, 9.17) is 0 Å². The van der Waals surface area contributed by atoms with E-state index in [0.717, 1.165) is 23.8 Å². The van der Waals surface area contributed by atoms with E-state index in [1.54, 1.807) is 0 Å². The average molecular weight is 352 g/mol. The van der Waals surface area contributed by atoms with E-state index in [1.807, 2.05) is 37.4 Å². The van der Waals surface area contributed by atoms with Gasteiger partial charge in [0.15, 0.2) is 11.6 Å². The van der Waals surface area contributed by atoms with Crippen LogP contribution >= 0.6 is 0 Å². The monoisotopic (exact) mass is 352 g/mol. The molecule has 0 saturated carbocycles.